The molecule has 0 radical (unpaired) electrons. The van der Waals surface area contributed by atoms with Crippen LogP contribution in [0.4, 0.5) is 0 Å². The van der Waals surface area contributed by atoms with Crippen molar-refractivity contribution in [2.24, 2.45) is 5.92 Å². The van der Waals surface area contributed by atoms with E-state index in [-0.39, 0.29) is 11.4 Å². The second-order valence-corrected chi connectivity index (χ2v) is 5.88. The average Bonchev–Trinajstić information content (AvgIpc) is 2.89. The summed E-state index contributed by atoms with van der Waals surface area (Å²) in [5.41, 5.74) is 0.790. The average molecular weight is 247 g/mol. The summed E-state index contributed by atoms with van der Waals surface area (Å²) < 4.78 is 0. The molecule has 2 aliphatic carbocycles. The van der Waals surface area contributed by atoms with Crippen molar-refractivity contribution in [1.82, 2.24) is 5.32 Å². The minimum absolute atomic E-state index is 0.0400. The van der Waals surface area contributed by atoms with Crippen molar-refractivity contribution in [2.75, 3.05) is 0 Å². The number of rotatable bonds is 2. The van der Waals surface area contributed by atoms with Gasteiger partial charge in [-0.05, 0) is 50.2 Å². The van der Waals surface area contributed by atoms with Gasteiger partial charge >= 0.3 is 0 Å². The molecule has 0 atom stereocenters. The van der Waals surface area contributed by atoms with E-state index in [1.165, 1.54) is 19.3 Å². The Kier molecular flexibility index (Phi) is 2.66. The molecule has 2 aliphatic rings. The molecule has 2 bridgehead atoms. The van der Waals surface area contributed by atoms with Crippen molar-refractivity contribution >= 4 is 18.5 Å². The smallest absolute Gasteiger partial charge is 0.252 e. The number of hydrogen-bond donors (Lipinski definition) is 2. The maximum absolute atomic E-state index is 12.2. The van der Waals surface area contributed by atoms with Gasteiger partial charge in [-0.1, -0.05) is 12.1 Å². The van der Waals surface area contributed by atoms with Gasteiger partial charge in [-0.25, -0.2) is 0 Å². The number of carbonyl (C=O) groups is 1. The summed E-state index contributed by atoms with van der Waals surface area (Å²) in [5.74, 6) is 0.889. The van der Waals surface area contributed by atoms with Crippen LogP contribution in [0.1, 0.15) is 42.5 Å². The Morgan fingerprint density at radius 3 is 2.59 bits per heavy atom. The predicted molar refractivity (Wildman–Crippen MR) is 70.5 cm³/mol. The van der Waals surface area contributed by atoms with Crippen molar-refractivity contribution in [1.29, 1.82) is 0 Å². The summed E-state index contributed by atoms with van der Waals surface area (Å²) >= 11 is 4.34. The lowest BCUT2D eigenvalue weighted by molar-refractivity contribution is 0.0898. The molecule has 1 aromatic rings. The molecule has 1 N–H and O–H groups in total. The van der Waals surface area contributed by atoms with Gasteiger partial charge < -0.3 is 5.32 Å². The minimum Gasteiger partial charge on any atom is -0.347 e. The molecule has 3 rings (SSSR count). The first-order valence-electron chi connectivity index (χ1n) is 6.29. The van der Waals surface area contributed by atoms with E-state index in [0.717, 1.165) is 23.7 Å². The monoisotopic (exact) mass is 247 g/mol. The molecule has 0 saturated heterocycles. The quantitative estimate of drug-likeness (QED) is 0.773. The summed E-state index contributed by atoms with van der Waals surface area (Å²) in [5, 5.41) is 3.25. The molecule has 0 heterocycles. The topological polar surface area (TPSA) is 29.1 Å². The van der Waals surface area contributed by atoms with Crippen LogP contribution in [0.3, 0.4) is 0 Å². The summed E-state index contributed by atoms with van der Waals surface area (Å²) in [6, 6.07) is 7.49. The van der Waals surface area contributed by atoms with Crippen molar-refractivity contribution < 1.29 is 4.79 Å². The molecule has 0 aromatic heterocycles. The summed E-state index contributed by atoms with van der Waals surface area (Å²) in [7, 11) is 0. The third-order valence-electron chi connectivity index (χ3n) is 4.27. The first kappa shape index (κ1) is 11.1. The van der Waals surface area contributed by atoms with E-state index in [4.69, 9.17) is 0 Å². The molecule has 1 aromatic carbocycles. The normalized spacial score (nSPS) is 30.5. The summed E-state index contributed by atoms with van der Waals surface area (Å²) in [6.07, 6.45) is 6.04. The van der Waals surface area contributed by atoms with Crippen LogP contribution in [0.5, 0.6) is 0 Å². The van der Waals surface area contributed by atoms with Crippen LogP contribution in [0.15, 0.2) is 29.2 Å². The van der Waals surface area contributed by atoms with Crippen LogP contribution in [-0.4, -0.2) is 11.4 Å². The summed E-state index contributed by atoms with van der Waals surface area (Å²) in [6.45, 7) is 0. The van der Waals surface area contributed by atoms with Crippen molar-refractivity contribution in [3.8, 4) is 0 Å². The molecule has 0 unspecified atom stereocenters. The zero-order valence-corrected chi connectivity index (χ0v) is 10.7. The van der Waals surface area contributed by atoms with Gasteiger partial charge in [0.25, 0.3) is 5.91 Å². The standard InChI is InChI=1S/C14H17NOS/c16-13(11-3-1-2-4-12(11)17)15-14-7-5-10(9-14)6-8-14/h1-4,10,17H,5-9H2,(H,15,16). The Morgan fingerprint density at radius 1 is 1.29 bits per heavy atom. The lowest BCUT2D eigenvalue weighted by Gasteiger charge is -2.28. The molecule has 2 nitrogen and oxygen atoms in total. The zero-order chi connectivity index (χ0) is 11.9. The van der Waals surface area contributed by atoms with Crippen LogP contribution in [0.25, 0.3) is 0 Å². The van der Waals surface area contributed by atoms with Crippen molar-refractivity contribution in [3.05, 3.63) is 29.8 Å². The van der Waals surface area contributed by atoms with Crippen molar-refractivity contribution in [3.63, 3.8) is 0 Å². The van der Waals surface area contributed by atoms with Crippen LogP contribution < -0.4 is 5.32 Å². The Hall–Kier alpha value is -0.960. The molecular formula is C14H17NOS. The highest BCUT2D eigenvalue weighted by Gasteiger charge is 2.45. The maximum atomic E-state index is 12.2. The van der Waals surface area contributed by atoms with Gasteiger partial charge in [0, 0.05) is 10.4 Å². The van der Waals surface area contributed by atoms with Gasteiger partial charge in [0.1, 0.15) is 0 Å². The van der Waals surface area contributed by atoms with E-state index in [1.807, 2.05) is 24.3 Å². The molecular weight excluding hydrogens is 230 g/mol. The third-order valence-corrected chi connectivity index (χ3v) is 4.66. The van der Waals surface area contributed by atoms with Crippen LogP contribution >= 0.6 is 12.6 Å². The molecule has 0 spiro atoms. The van der Waals surface area contributed by atoms with Crippen LogP contribution in [0, 0.1) is 5.92 Å². The molecule has 2 saturated carbocycles. The van der Waals surface area contributed by atoms with Crippen LogP contribution in [0.2, 0.25) is 0 Å². The highest BCUT2D eigenvalue weighted by atomic mass is 32.1. The van der Waals surface area contributed by atoms with E-state index < -0.39 is 0 Å². The second kappa shape index (κ2) is 4.05. The SMILES string of the molecule is O=C(NC12CCC(CC1)C2)c1ccccc1S. The largest absolute Gasteiger partial charge is 0.347 e. The van der Waals surface area contributed by atoms with E-state index >= 15 is 0 Å². The van der Waals surface area contributed by atoms with E-state index in [0.29, 0.717) is 5.56 Å². The highest BCUT2D eigenvalue weighted by Crippen LogP contribution is 2.47. The van der Waals surface area contributed by atoms with Gasteiger partial charge in [0.2, 0.25) is 0 Å². The second-order valence-electron chi connectivity index (χ2n) is 5.40. The number of amides is 1. The van der Waals surface area contributed by atoms with Crippen LogP contribution in [-0.2, 0) is 0 Å². The first-order valence-corrected chi connectivity index (χ1v) is 6.74. The summed E-state index contributed by atoms with van der Waals surface area (Å²) in [4.78, 5) is 13.0. The van der Waals surface area contributed by atoms with Crippen molar-refractivity contribution in [2.45, 2.75) is 42.5 Å². The predicted octanol–water partition coefficient (Wildman–Crippen LogP) is 3.04. The number of nitrogens with one attached hydrogen (secondary N) is 1. The highest BCUT2D eigenvalue weighted by molar-refractivity contribution is 7.80. The Bertz CT molecular complexity index is 449. The molecule has 90 valence electrons. The minimum atomic E-state index is 0.0400. The van der Waals surface area contributed by atoms with Gasteiger partial charge in [-0.2, -0.15) is 0 Å². The Balaban J connectivity index is 1.78. The maximum Gasteiger partial charge on any atom is 0.252 e. The molecule has 2 fully saturated rings. The third kappa shape index (κ3) is 1.97. The molecule has 1 amide bonds. The fourth-order valence-corrected chi connectivity index (χ4v) is 3.60. The first-order chi connectivity index (χ1) is 8.19. The molecule has 3 heteroatoms. The van der Waals surface area contributed by atoms with Gasteiger partial charge in [0.15, 0.2) is 0 Å². The Morgan fingerprint density at radius 2 is 2.00 bits per heavy atom. The van der Waals surface area contributed by atoms with Gasteiger partial charge in [-0.15, -0.1) is 12.6 Å². The fourth-order valence-electron chi connectivity index (χ4n) is 3.34. The number of hydrogen-bond acceptors (Lipinski definition) is 2. The van der Waals surface area contributed by atoms with E-state index in [9.17, 15) is 4.79 Å². The van der Waals surface area contributed by atoms with Gasteiger partial charge in [0.05, 0.1) is 5.56 Å². The molecule has 0 aliphatic heterocycles. The van der Waals surface area contributed by atoms with Gasteiger partial charge in [-0.3, -0.25) is 4.79 Å². The van der Waals surface area contributed by atoms with E-state index in [1.54, 1.807) is 0 Å². The lowest BCUT2D eigenvalue weighted by Crippen LogP contribution is -2.45. The van der Waals surface area contributed by atoms with E-state index in [2.05, 4.69) is 17.9 Å². The lowest BCUT2D eigenvalue weighted by atomic mass is 9.93. The number of fused-ring (bicyclic) bond motifs is 2. The Labute approximate surface area is 107 Å². The number of carbonyl (C=O) groups excluding carboxylic acids is 1. The molecule has 17 heavy (non-hydrogen) atoms. The number of thiol groups is 1. The zero-order valence-electron chi connectivity index (χ0n) is 9.78. The number of benzene rings is 1. The fraction of sp³-hybridized carbons (Fsp3) is 0.500.